The first-order valence-corrected chi connectivity index (χ1v) is 5.51. The van der Waals surface area contributed by atoms with E-state index in [4.69, 9.17) is 0 Å². The molecule has 1 aromatic rings. The summed E-state index contributed by atoms with van der Waals surface area (Å²) in [6.45, 7) is 3.16. The largest absolute Gasteiger partial charge is 0.311 e. The molecular weight excluding hydrogens is 224 g/mol. The van der Waals surface area contributed by atoms with Crippen LogP contribution >= 0.6 is 12.4 Å². The average Bonchev–Trinajstić information content (AvgIpc) is 2.66. The minimum atomic E-state index is 0. The monoisotopic (exact) mass is 242 g/mol. The molecular formula is C11H19ClN4. The van der Waals surface area contributed by atoms with E-state index >= 15 is 0 Å². The van der Waals surface area contributed by atoms with Crippen LogP contribution in [0.1, 0.15) is 18.4 Å². The first kappa shape index (κ1) is 13.4. The maximum Gasteiger partial charge on any atom is 0.115 e. The predicted octanol–water partition coefficient (Wildman–Crippen LogP) is 1.08. The fourth-order valence-electron chi connectivity index (χ4n) is 2.04. The number of hydrogen-bond donors (Lipinski definition) is 1. The lowest BCUT2D eigenvalue weighted by Crippen LogP contribution is -2.35. The van der Waals surface area contributed by atoms with Gasteiger partial charge in [-0.05, 0) is 26.4 Å². The van der Waals surface area contributed by atoms with E-state index in [-0.39, 0.29) is 12.4 Å². The number of aromatic nitrogens is 2. The molecule has 1 saturated heterocycles. The minimum Gasteiger partial charge on any atom is -0.311 e. The van der Waals surface area contributed by atoms with Crippen LogP contribution < -0.4 is 5.32 Å². The Morgan fingerprint density at radius 1 is 1.44 bits per heavy atom. The Bertz CT molecular complexity index is 293. The third-order valence-corrected chi connectivity index (χ3v) is 2.99. The zero-order valence-electron chi connectivity index (χ0n) is 9.59. The Morgan fingerprint density at radius 2 is 2.19 bits per heavy atom. The van der Waals surface area contributed by atoms with Crippen LogP contribution in [0.4, 0.5) is 0 Å². The van der Waals surface area contributed by atoms with Gasteiger partial charge in [-0.2, -0.15) is 0 Å². The van der Waals surface area contributed by atoms with Crippen LogP contribution in [0.25, 0.3) is 0 Å². The van der Waals surface area contributed by atoms with Crippen molar-refractivity contribution < 1.29 is 0 Å². The van der Waals surface area contributed by atoms with E-state index in [0.717, 1.165) is 18.7 Å². The van der Waals surface area contributed by atoms with Crippen molar-refractivity contribution in [3.05, 3.63) is 24.3 Å². The minimum absolute atomic E-state index is 0. The maximum atomic E-state index is 3.99. The average molecular weight is 243 g/mol. The summed E-state index contributed by atoms with van der Waals surface area (Å²) in [5.41, 5.74) is 1.15. The van der Waals surface area contributed by atoms with Gasteiger partial charge in [-0.15, -0.1) is 12.4 Å². The Kier molecular flexibility index (Phi) is 5.66. The van der Waals surface area contributed by atoms with Crippen molar-refractivity contribution in [3.63, 3.8) is 0 Å². The van der Waals surface area contributed by atoms with E-state index in [1.54, 1.807) is 6.33 Å². The third kappa shape index (κ3) is 3.70. The molecule has 2 rings (SSSR count). The van der Waals surface area contributed by atoms with Crippen LogP contribution in [-0.4, -0.2) is 41.0 Å². The summed E-state index contributed by atoms with van der Waals surface area (Å²) in [6, 6.07) is 0.703. The molecule has 1 aromatic heterocycles. The summed E-state index contributed by atoms with van der Waals surface area (Å²) in [5, 5.41) is 3.45. The molecule has 0 bridgehead atoms. The number of likely N-dealkylation sites (tertiary alicyclic amines) is 1. The summed E-state index contributed by atoms with van der Waals surface area (Å²) in [5.74, 6) is 0. The molecule has 5 heteroatoms. The van der Waals surface area contributed by atoms with Crippen molar-refractivity contribution in [1.82, 2.24) is 20.2 Å². The fraction of sp³-hybridized carbons (Fsp3) is 0.636. The highest BCUT2D eigenvalue weighted by Crippen LogP contribution is 2.13. The zero-order chi connectivity index (χ0) is 10.5. The molecule has 4 nitrogen and oxygen atoms in total. The molecule has 0 aromatic carbocycles. The summed E-state index contributed by atoms with van der Waals surface area (Å²) < 4.78 is 0. The molecule has 1 aliphatic heterocycles. The second-order valence-electron chi connectivity index (χ2n) is 4.15. The van der Waals surface area contributed by atoms with Gasteiger partial charge in [0.1, 0.15) is 6.33 Å². The Labute approximate surface area is 103 Å². The lowest BCUT2D eigenvalue weighted by atomic mass is 10.2. The molecule has 0 amide bonds. The van der Waals surface area contributed by atoms with Crippen molar-refractivity contribution in [2.75, 3.05) is 20.1 Å². The molecule has 1 aliphatic rings. The number of nitrogens with one attached hydrogen (secondary N) is 1. The molecule has 1 N–H and O–H groups in total. The number of hydrogen-bond acceptors (Lipinski definition) is 4. The number of rotatable bonds is 4. The van der Waals surface area contributed by atoms with Crippen LogP contribution in [0.5, 0.6) is 0 Å². The van der Waals surface area contributed by atoms with E-state index in [1.165, 1.54) is 19.4 Å². The van der Waals surface area contributed by atoms with E-state index in [9.17, 15) is 0 Å². The molecule has 1 atom stereocenters. The number of halogens is 1. The van der Waals surface area contributed by atoms with E-state index in [1.807, 2.05) is 12.4 Å². The second kappa shape index (κ2) is 6.78. The first-order valence-electron chi connectivity index (χ1n) is 5.51. The van der Waals surface area contributed by atoms with Gasteiger partial charge in [0, 0.05) is 37.1 Å². The third-order valence-electron chi connectivity index (χ3n) is 2.99. The van der Waals surface area contributed by atoms with Crippen molar-refractivity contribution in [1.29, 1.82) is 0 Å². The van der Waals surface area contributed by atoms with Crippen LogP contribution in [0, 0.1) is 0 Å². The van der Waals surface area contributed by atoms with Gasteiger partial charge < -0.3 is 10.2 Å². The maximum absolute atomic E-state index is 3.99. The summed E-state index contributed by atoms with van der Waals surface area (Å²) in [4.78, 5) is 10.4. The Balaban J connectivity index is 0.00000128. The molecule has 0 saturated carbocycles. The van der Waals surface area contributed by atoms with Crippen LogP contribution in [0.3, 0.4) is 0 Å². The molecule has 0 spiro atoms. The topological polar surface area (TPSA) is 41.0 Å². The molecule has 0 aliphatic carbocycles. The highest BCUT2D eigenvalue weighted by Gasteiger charge is 2.19. The SMILES string of the molecule is CN1CCCC1CNCc1cncnc1.Cl. The Hall–Kier alpha value is -0.710. The van der Waals surface area contributed by atoms with Gasteiger partial charge in [0.05, 0.1) is 0 Å². The summed E-state index contributed by atoms with van der Waals surface area (Å²) in [6.07, 6.45) is 7.93. The molecule has 1 fully saturated rings. The molecule has 90 valence electrons. The molecule has 2 heterocycles. The first-order chi connectivity index (χ1) is 7.36. The highest BCUT2D eigenvalue weighted by atomic mass is 35.5. The quantitative estimate of drug-likeness (QED) is 0.858. The van der Waals surface area contributed by atoms with Crippen LogP contribution in [0.15, 0.2) is 18.7 Å². The predicted molar refractivity (Wildman–Crippen MR) is 66.6 cm³/mol. The van der Waals surface area contributed by atoms with Crippen molar-refractivity contribution in [2.24, 2.45) is 0 Å². The summed E-state index contributed by atoms with van der Waals surface area (Å²) in [7, 11) is 2.20. The van der Waals surface area contributed by atoms with Gasteiger partial charge in [-0.1, -0.05) is 0 Å². The van der Waals surface area contributed by atoms with E-state index in [2.05, 4.69) is 27.2 Å². The summed E-state index contributed by atoms with van der Waals surface area (Å²) >= 11 is 0. The zero-order valence-corrected chi connectivity index (χ0v) is 10.4. The number of likely N-dealkylation sites (N-methyl/N-ethyl adjacent to an activating group) is 1. The van der Waals surface area contributed by atoms with Gasteiger partial charge in [-0.3, -0.25) is 0 Å². The lowest BCUT2D eigenvalue weighted by Gasteiger charge is -2.19. The van der Waals surface area contributed by atoms with Crippen molar-refractivity contribution >= 4 is 12.4 Å². The van der Waals surface area contributed by atoms with Gasteiger partial charge in [-0.25, -0.2) is 9.97 Å². The molecule has 16 heavy (non-hydrogen) atoms. The van der Waals surface area contributed by atoms with Gasteiger partial charge >= 0.3 is 0 Å². The van der Waals surface area contributed by atoms with Crippen LogP contribution in [0.2, 0.25) is 0 Å². The lowest BCUT2D eigenvalue weighted by molar-refractivity contribution is 0.300. The fourth-order valence-corrected chi connectivity index (χ4v) is 2.04. The highest BCUT2D eigenvalue weighted by molar-refractivity contribution is 5.85. The Morgan fingerprint density at radius 3 is 2.81 bits per heavy atom. The second-order valence-corrected chi connectivity index (χ2v) is 4.15. The van der Waals surface area contributed by atoms with Crippen LogP contribution in [-0.2, 0) is 6.54 Å². The van der Waals surface area contributed by atoms with E-state index < -0.39 is 0 Å². The smallest absolute Gasteiger partial charge is 0.115 e. The standard InChI is InChI=1S/C11H18N4.ClH/c1-15-4-2-3-11(15)8-12-5-10-6-13-9-14-7-10;/h6-7,9,11-12H,2-5,8H2,1H3;1H. The van der Waals surface area contributed by atoms with Crippen molar-refractivity contribution in [3.8, 4) is 0 Å². The van der Waals surface area contributed by atoms with Gasteiger partial charge in [0.2, 0.25) is 0 Å². The van der Waals surface area contributed by atoms with E-state index in [0.29, 0.717) is 6.04 Å². The normalized spacial score (nSPS) is 20.7. The van der Waals surface area contributed by atoms with Gasteiger partial charge in [0.25, 0.3) is 0 Å². The number of nitrogens with zero attached hydrogens (tertiary/aromatic N) is 3. The molecule has 0 radical (unpaired) electrons. The van der Waals surface area contributed by atoms with Gasteiger partial charge in [0.15, 0.2) is 0 Å². The molecule has 1 unspecified atom stereocenters. The van der Waals surface area contributed by atoms with Crippen molar-refractivity contribution in [2.45, 2.75) is 25.4 Å².